The van der Waals surface area contributed by atoms with E-state index in [1.807, 2.05) is 0 Å². The van der Waals surface area contributed by atoms with E-state index in [0.29, 0.717) is 0 Å². The summed E-state index contributed by atoms with van der Waals surface area (Å²) in [5, 5.41) is 0. The molecule has 1 saturated carbocycles. The molecule has 0 aromatic carbocycles. The summed E-state index contributed by atoms with van der Waals surface area (Å²) in [4.78, 5) is 5.08. The van der Waals surface area contributed by atoms with Crippen LogP contribution in [0.25, 0.3) is 0 Å². The van der Waals surface area contributed by atoms with Crippen LogP contribution in [0.1, 0.15) is 12.8 Å². The molecule has 2 heterocycles. The minimum atomic E-state index is 0.855. The Morgan fingerprint density at radius 1 is 1.18 bits per heavy atom. The van der Waals surface area contributed by atoms with Gasteiger partial charge in [-0.1, -0.05) is 0 Å². The summed E-state index contributed by atoms with van der Waals surface area (Å²) < 4.78 is 0. The van der Waals surface area contributed by atoms with Gasteiger partial charge in [0.1, 0.15) is 0 Å². The maximum absolute atomic E-state index is 2.67. The first-order valence-corrected chi connectivity index (χ1v) is 4.70. The Kier molecular flexibility index (Phi) is 1.06. The van der Waals surface area contributed by atoms with Gasteiger partial charge in [-0.15, -0.1) is 0 Å². The fraction of sp³-hybridized carbons (Fsp3) is 1.00. The van der Waals surface area contributed by atoms with Crippen LogP contribution in [0.2, 0.25) is 0 Å². The van der Waals surface area contributed by atoms with Gasteiger partial charge in [-0.05, 0) is 25.3 Å². The topological polar surface area (TPSA) is 6.48 Å². The third-order valence-electron chi connectivity index (χ3n) is 3.60. The van der Waals surface area contributed by atoms with E-state index in [9.17, 15) is 0 Å². The van der Waals surface area contributed by atoms with Crippen molar-refractivity contribution in [2.75, 3.05) is 33.2 Å². The van der Waals surface area contributed by atoms with E-state index >= 15 is 0 Å². The lowest BCUT2D eigenvalue weighted by molar-refractivity contribution is -0.0308. The molecule has 3 rings (SSSR count). The number of rotatable bonds is 1. The van der Waals surface area contributed by atoms with Crippen molar-refractivity contribution < 1.29 is 0 Å². The first-order valence-electron chi connectivity index (χ1n) is 4.70. The molecule has 2 heteroatoms. The SMILES string of the molecule is CN1CC(N2CC3(CC3)C2)C1. The lowest BCUT2D eigenvalue weighted by atomic mass is 9.92. The number of nitrogens with zero attached hydrogens (tertiary/aromatic N) is 2. The van der Waals surface area contributed by atoms with Gasteiger partial charge in [0.15, 0.2) is 0 Å². The summed E-state index contributed by atoms with van der Waals surface area (Å²) in [6.07, 6.45) is 3.04. The van der Waals surface area contributed by atoms with Crippen LogP contribution in [-0.4, -0.2) is 49.1 Å². The number of hydrogen-bond donors (Lipinski definition) is 0. The summed E-state index contributed by atoms with van der Waals surface area (Å²) in [7, 11) is 2.21. The molecule has 0 N–H and O–H groups in total. The van der Waals surface area contributed by atoms with Crippen molar-refractivity contribution in [2.45, 2.75) is 18.9 Å². The zero-order chi connectivity index (χ0) is 7.47. The summed E-state index contributed by atoms with van der Waals surface area (Å²) in [5.41, 5.74) is 0.855. The Bertz CT molecular complexity index is 172. The Hall–Kier alpha value is -0.0800. The van der Waals surface area contributed by atoms with Crippen LogP contribution < -0.4 is 0 Å². The Morgan fingerprint density at radius 2 is 1.82 bits per heavy atom. The lowest BCUT2D eigenvalue weighted by Crippen LogP contribution is -2.64. The van der Waals surface area contributed by atoms with Crippen molar-refractivity contribution in [3.63, 3.8) is 0 Å². The smallest absolute Gasteiger partial charge is 0.0350 e. The maximum atomic E-state index is 2.67. The molecule has 1 aliphatic carbocycles. The van der Waals surface area contributed by atoms with Crippen LogP contribution in [0.4, 0.5) is 0 Å². The second-order valence-electron chi connectivity index (χ2n) is 4.78. The highest BCUT2D eigenvalue weighted by Gasteiger charge is 2.54. The fourth-order valence-corrected chi connectivity index (χ4v) is 2.46. The first-order chi connectivity index (χ1) is 5.27. The van der Waals surface area contributed by atoms with Gasteiger partial charge in [0.05, 0.1) is 0 Å². The average Bonchev–Trinajstić information content (AvgIpc) is 2.55. The summed E-state index contributed by atoms with van der Waals surface area (Å²) >= 11 is 0. The van der Waals surface area contributed by atoms with Crippen molar-refractivity contribution in [1.82, 2.24) is 9.80 Å². The highest BCUT2D eigenvalue weighted by atomic mass is 15.3. The minimum Gasteiger partial charge on any atom is -0.303 e. The second-order valence-corrected chi connectivity index (χ2v) is 4.78. The molecule has 0 bridgehead atoms. The molecule has 1 spiro atoms. The van der Waals surface area contributed by atoms with Gasteiger partial charge < -0.3 is 4.90 Å². The third kappa shape index (κ3) is 0.859. The molecule has 62 valence electrons. The van der Waals surface area contributed by atoms with Crippen molar-refractivity contribution in [2.24, 2.45) is 5.41 Å². The van der Waals surface area contributed by atoms with E-state index in [2.05, 4.69) is 16.8 Å². The predicted octanol–water partition coefficient (Wildman–Crippen LogP) is 0.396. The first kappa shape index (κ1) is 6.44. The maximum Gasteiger partial charge on any atom is 0.0350 e. The van der Waals surface area contributed by atoms with Crippen molar-refractivity contribution in [3.8, 4) is 0 Å². The van der Waals surface area contributed by atoms with Gasteiger partial charge in [0.2, 0.25) is 0 Å². The van der Waals surface area contributed by atoms with Crippen LogP contribution in [-0.2, 0) is 0 Å². The fourth-order valence-electron chi connectivity index (χ4n) is 2.46. The summed E-state index contributed by atoms with van der Waals surface area (Å²) in [6.45, 7) is 5.48. The van der Waals surface area contributed by atoms with Gasteiger partial charge in [0, 0.05) is 32.2 Å². The van der Waals surface area contributed by atoms with Gasteiger partial charge in [-0.25, -0.2) is 0 Å². The molecule has 0 amide bonds. The van der Waals surface area contributed by atoms with Crippen LogP contribution in [0.15, 0.2) is 0 Å². The molecule has 0 radical (unpaired) electrons. The highest BCUT2D eigenvalue weighted by Crippen LogP contribution is 2.53. The Labute approximate surface area is 68.2 Å². The largest absolute Gasteiger partial charge is 0.303 e. The zero-order valence-corrected chi connectivity index (χ0v) is 7.21. The molecule has 0 atom stereocenters. The van der Waals surface area contributed by atoms with Crippen LogP contribution in [0.5, 0.6) is 0 Å². The average molecular weight is 152 g/mol. The molecular weight excluding hydrogens is 136 g/mol. The van der Waals surface area contributed by atoms with Gasteiger partial charge in [-0.2, -0.15) is 0 Å². The van der Waals surface area contributed by atoms with Gasteiger partial charge in [0.25, 0.3) is 0 Å². The normalized spacial score (nSPS) is 36.8. The molecule has 0 aromatic rings. The van der Waals surface area contributed by atoms with E-state index in [0.717, 1.165) is 11.5 Å². The number of likely N-dealkylation sites (N-methyl/N-ethyl adjacent to an activating group) is 1. The highest BCUT2D eigenvalue weighted by molar-refractivity contribution is 5.08. The second kappa shape index (κ2) is 1.80. The summed E-state index contributed by atoms with van der Waals surface area (Å²) in [6, 6.07) is 0.922. The van der Waals surface area contributed by atoms with E-state index < -0.39 is 0 Å². The molecule has 2 nitrogen and oxygen atoms in total. The van der Waals surface area contributed by atoms with Gasteiger partial charge >= 0.3 is 0 Å². The third-order valence-corrected chi connectivity index (χ3v) is 3.60. The van der Waals surface area contributed by atoms with E-state index in [4.69, 9.17) is 0 Å². The van der Waals surface area contributed by atoms with E-state index in [1.54, 1.807) is 0 Å². The molecule has 11 heavy (non-hydrogen) atoms. The molecule has 0 unspecified atom stereocenters. The Morgan fingerprint density at radius 3 is 2.27 bits per heavy atom. The summed E-state index contributed by atoms with van der Waals surface area (Å²) in [5.74, 6) is 0. The van der Waals surface area contributed by atoms with E-state index in [-0.39, 0.29) is 0 Å². The zero-order valence-electron chi connectivity index (χ0n) is 7.21. The van der Waals surface area contributed by atoms with E-state index in [1.165, 1.54) is 39.0 Å². The number of hydrogen-bond acceptors (Lipinski definition) is 2. The minimum absolute atomic E-state index is 0.855. The van der Waals surface area contributed by atoms with Crippen molar-refractivity contribution in [3.05, 3.63) is 0 Å². The molecule has 2 saturated heterocycles. The molecular formula is C9H16N2. The number of likely N-dealkylation sites (tertiary alicyclic amines) is 2. The van der Waals surface area contributed by atoms with Crippen molar-refractivity contribution >= 4 is 0 Å². The molecule has 0 aromatic heterocycles. The molecule has 3 fully saturated rings. The van der Waals surface area contributed by atoms with Crippen LogP contribution in [0, 0.1) is 5.41 Å². The van der Waals surface area contributed by atoms with Crippen LogP contribution >= 0.6 is 0 Å². The quantitative estimate of drug-likeness (QED) is 0.536. The molecule has 2 aliphatic heterocycles. The standard InChI is InChI=1S/C9H16N2/c1-10-4-8(5-10)11-6-9(7-11)2-3-9/h8H,2-7H2,1H3. The van der Waals surface area contributed by atoms with Crippen molar-refractivity contribution in [1.29, 1.82) is 0 Å². The lowest BCUT2D eigenvalue weighted by Gasteiger charge is -2.51. The van der Waals surface area contributed by atoms with Crippen LogP contribution in [0.3, 0.4) is 0 Å². The molecule has 3 aliphatic rings. The Balaban J connectivity index is 1.52. The van der Waals surface area contributed by atoms with Gasteiger partial charge in [-0.3, -0.25) is 4.90 Å². The monoisotopic (exact) mass is 152 g/mol. The predicted molar refractivity (Wildman–Crippen MR) is 44.5 cm³/mol.